The van der Waals surface area contributed by atoms with Gasteiger partial charge in [0.1, 0.15) is 11.5 Å². The van der Waals surface area contributed by atoms with Crippen molar-refractivity contribution in [2.24, 2.45) is 0 Å². The second kappa shape index (κ2) is 5.58. The lowest BCUT2D eigenvalue weighted by Crippen LogP contribution is -2.20. The Bertz CT molecular complexity index is 598. The minimum atomic E-state index is -0.598. The SMILES string of the molecule is Nc1cccc(F)c1NC(=O)Nc1cccc(Cl)c1. The fourth-order valence-electron chi connectivity index (χ4n) is 1.51. The fraction of sp³-hybridized carbons (Fsp3) is 0. The normalized spacial score (nSPS) is 10.0. The third-order valence-electron chi connectivity index (χ3n) is 2.37. The molecule has 19 heavy (non-hydrogen) atoms. The third kappa shape index (κ3) is 3.35. The predicted octanol–water partition coefficient (Wildman–Crippen LogP) is 3.71. The lowest BCUT2D eigenvalue weighted by Gasteiger charge is -2.10. The summed E-state index contributed by atoms with van der Waals surface area (Å²) in [5, 5.41) is 5.37. The molecule has 0 spiro atoms. The van der Waals surface area contributed by atoms with E-state index in [1.54, 1.807) is 24.3 Å². The highest BCUT2D eigenvalue weighted by Gasteiger charge is 2.10. The van der Waals surface area contributed by atoms with E-state index < -0.39 is 11.8 Å². The van der Waals surface area contributed by atoms with Crippen LogP contribution in [0.25, 0.3) is 0 Å². The van der Waals surface area contributed by atoms with Crippen LogP contribution in [0.3, 0.4) is 0 Å². The van der Waals surface area contributed by atoms with Crippen LogP contribution in [0.4, 0.5) is 26.2 Å². The summed E-state index contributed by atoms with van der Waals surface area (Å²) in [7, 11) is 0. The molecular weight excluding hydrogens is 269 g/mol. The Morgan fingerprint density at radius 2 is 1.89 bits per heavy atom. The molecule has 0 heterocycles. The maximum absolute atomic E-state index is 13.5. The van der Waals surface area contributed by atoms with Crippen molar-refractivity contribution in [3.8, 4) is 0 Å². The van der Waals surface area contributed by atoms with E-state index in [1.165, 1.54) is 18.2 Å². The number of amides is 2. The second-order valence-corrected chi connectivity index (χ2v) is 4.23. The zero-order valence-electron chi connectivity index (χ0n) is 9.78. The van der Waals surface area contributed by atoms with Crippen molar-refractivity contribution in [3.63, 3.8) is 0 Å². The summed E-state index contributed by atoms with van der Waals surface area (Å²) in [6.45, 7) is 0. The van der Waals surface area contributed by atoms with Gasteiger partial charge in [0.25, 0.3) is 0 Å². The molecule has 0 fully saturated rings. The van der Waals surface area contributed by atoms with E-state index in [4.69, 9.17) is 17.3 Å². The van der Waals surface area contributed by atoms with E-state index in [9.17, 15) is 9.18 Å². The average Bonchev–Trinajstić information content (AvgIpc) is 2.34. The molecule has 0 aliphatic carbocycles. The fourth-order valence-corrected chi connectivity index (χ4v) is 1.71. The second-order valence-electron chi connectivity index (χ2n) is 3.79. The molecule has 0 atom stereocenters. The van der Waals surface area contributed by atoms with Crippen molar-refractivity contribution >= 4 is 34.7 Å². The van der Waals surface area contributed by atoms with E-state index >= 15 is 0 Å². The molecule has 2 aromatic carbocycles. The summed E-state index contributed by atoms with van der Waals surface area (Å²) < 4.78 is 13.5. The van der Waals surface area contributed by atoms with Gasteiger partial charge in [-0.1, -0.05) is 23.7 Å². The number of urea groups is 1. The molecule has 2 aromatic rings. The van der Waals surface area contributed by atoms with E-state index in [-0.39, 0.29) is 11.4 Å². The highest BCUT2D eigenvalue weighted by Crippen LogP contribution is 2.22. The van der Waals surface area contributed by atoms with Gasteiger partial charge in [0.15, 0.2) is 0 Å². The number of carbonyl (C=O) groups is 1. The monoisotopic (exact) mass is 279 g/mol. The van der Waals surface area contributed by atoms with Crippen LogP contribution in [0.15, 0.2) is 42.5 Å². The Balaban J connectivity index is 2.10. The molecule has 0 aromatic heterocycles. The van der Waals surface area contributed by atoms with Gasteiger partial charge in [-0.15, -0.1) is 0 Å². The molecule has 0 aliphatic rings. The van der Waals surface area contributed by atoms with Crippen LogP contribution in [0.5, 0.6) is 0 Å². The van der Waals surface area contributed by atoms with Gasteiger partial charge in [-0.05, 0) is 30.3 Å². The number of nitrogen functional groups attached to an aromatic ring is 1. The minimum absolute atomic E-state index is 0.0537. The summed E-state index contributed by atoms with van der Waals surface area (Å²) in [5.41, 5.74) is 6.18. The molecule has 2 amide bonds. The Kier molecular flexibility index (Phi) is 3.87. The van der Waals surface area contributed by atoms with Crippen LogP contribution >= 0.6 is 11.6 Å². The first-order chi connectivity index (χ1) is 9.06. The van der Waals surface area contributed by atoms with Crippen LogP contribution in [-0.2, 0) is 0 Å². The van der Waals surface area contributed by atoms with Crippen molar-refractivity contribution in [1.82, 2.24) is 0 Å². The first kappa shape index (κ1) is 13.2. The Hall–Kier alpha value is -2.27. The maximum Gasteiger partial charge on any atom is 0.323 e. The summed E-state index contributed by atoms with van der Waals surface area (Å²) >= 11 is 5.79. The standard InChI is InChI=1S/C13H11ClFN3O/c14-8-3-1-4-9(7-8)17-13(19)18-12-10(15)5-2-6-11(12)16/h1-7H,16H2,(H2,17,18,19). The molecule has 98 valence electrons. The van der Waals surface area contributed by atoms with Crippen LogP contribution in [0, 0.1) is 5.82 Å². The van der Waals surface area contributed by atoms with E-state index in [0.29, 0.717) is 10.7 Å². The smallest absolute Gasteiger partial charge is 0.323 e. The van der Waals surface area contributed by atoms with Gasteiger partial charge in [0, 0.05) is 10.7 Å². The van der Waals surface area contributed by atoms with Crippen LogP contribution in [0.2, 0.25) is 5.02 Å². The average molecular weight is 280 g/mol. The van der Waals surface area contributed by atoms with Crippen LogP contribution < -0.4 is 16.4 Å². The lowest BCUT2D eigenvalue weighted by molar-refractivity contribution is 0.262. The number of nitrogens with one attached hydrogen (secondary N) is 2. The lowest BCUT2D eigenvalue weighted by atomic mass is 10.2. The van der Waals surface area contributed by atoms with Crippen molar-refractivity contribution < 1.29 is 9.18 Å². The van der Waals surface area contributed by atoms with E-state index in [2.05, 4.69) is 10.6 Å². The number of hydrogen-bond donors (Lipinski definition) is 3. The number of hydrogen-bond acceptors (Lipinski definition) is 2. The molecule has 6 heteroatoms. The molecule has 0 unspecified atom stereocenters. The summed E-state index contributed by atoms with van der Waals surface area (Å²) in [6.07, 6.45) is 0. The molecule has 0 saturated heterocycles. The van der Waals surface area contributed by atoms with Crippen molar-refractivity contribution in [2.45, 2.75) is 0 Å². The highest BCUT2D eigenvalue weighted by molar-refractivity contribution is 6.30. The molecule has 0 aliphatic heterocycles. The number of benzene rings is 2. The number of halogens is 2. The number of rotatable bonds is 2. The third-order valence-corrected chi connectivity index (χ3v) is 2.60. The highest BCUT2D eigenvalue weighted by atomic mass is 35.5. The molecule has 0 bridgehead atoms. The van der Waals surface area contributed by atoms with Gasteiger partial charge < -0.3 is 16.4 Å². The van der Waals surface area contributed by atoms with Gasteiger partial charge >= 0.3 is 6.03 Å². The van der Waals surface area contributed by atoms with E-state index in [1.807, 2.05) is 0 Å². The Morgan fingerprint density at radius 3 is 2.58 bits per heavy atom. The molecule has 0 saturated carbocycles. The summed E-state index contributed by atoms with van der Waals surface area (Å²) in [4.78, 5) is 11.7. The summed E-state index contributed by atoms with van der Waals surface area (Å²) in [5.74, 6) is -0.596. The van der Waals surface area contributed by atoms with E-state index in [0.717, 1.165) is 0 Å². The van der Waals surface area contributed by atoms with Crippen LogP contribution in [-0.4, -0.2) is 6.03 Å². The number of anilines is 3. The first-order valence-electron chi connectivity index (χ1n) is 5.44. The predicted molar refractivity (Wildman–Crippen MR) is 74.9 cm³/mol. The van der Waals surface area contributed by atoms with Gasteiger partial charge in [0.05, 0.1) is 5.69 Å². The molecule has 0 radical (unpaired) electrons. The molecular formula is C13H11ClFN3O. The van der Waals surface area contributed by atoms with Crippen LogP contribution in [0.1, 0.15) is 0 Å². The molecule has 2 rings (SSSR count). The van der Waals surface area contributed by atoms with Gasteiger partial charge in [-0.25, -0.2) is 9.18 Å². The Labute approximate surface area is 114 Å². The first-order valence-corrected chi connectivity index (χ1v) is 5.81. The van der Waals surface area contributed by atoms with Gasteiger partial charge in [-0.2, -0.15) is 0 Å². The number of nitrogens with two attached hydrogens (primary N) is 1. The van der Waals surface area contributed by atoms with Crippen molar-refractivity contribution in [1.29, 1.82) is 0 Å². The summed E-state index contributed by atoms with van der Waals surface area (Å²) in [6, 6.07) is 10.2. The number of para-hydroxylation sites is 1. The van der Waals surface area contributed by atoms with Crippen molar-refractivity contribution in [2.75, 3.05) is 16.4 Å². The topological polar surface area (TPSA) is 67.1 Å². The van der Waals surface area contributed by atoms with Gasteiger partial charge in [0.2, 0.25) is 0 Å². The molecule has 4 nitrogen and oxygen atoms in total. The minimum Gasteiger partial charge on any atom is -0.397 e. The zero-order valence-corrected chi connectivity index (χ0v) is 10.5. The largest absolute Gasteiger partial charge is 0.397 e. The number of carbonyl (C=O) groups excluding carboxylic acids is 1. The zero-order chi connectivity index (χ0) is 13.8. The molecule has 4 N–H and O–H groups in total. The quantitative estimate of drug-likeness (QED) is 0.734. The van der Waals surface area contributed by atoms with Gasteiger partial charge in [-0.3, -0.25) is 0 Å². The Morgan fingerprint density at radius 1 is 1.16 bits per heavy atom. The maximum atomic E-state index is 13.5. The van der Waals surface area contributed by atoms with Crippen molar-refractivity contribution in [3.05, 3.63) is 53.3 Å².